The van der Waals surface area contributed by atoms with Crippen molar-refractivity contribution < 1.29 is 8.42 Å². The van der Waals surface area contributed by atoms with Gasteiger partial charge in [0, 0.05) is 23.8 Å². The van der Waals surface area contributed by atoms with Crippen LogP contribution >= 0.6 is 15.9 Å². The molecule has 0 unspecified atom stereocenters. The predicted octanol–water partition coefficient (Wildman–Crippen LogP) is 3.16. The summed E-state index contributed by atoms with van der Waals surface area (Å²) in [6, 6.07) is 12.4. The van der Waals surface area contributed by atoms with Gasteiger partial charge in [-0.2, -0.15) is 4.31 Å². The highest BCUT2D eigenvalue weighted by Gasteiger charge is 2.22. The first-order chi connectivity index (χ1) is 9.80. The van der Waals surface area contributed by atoms with Crippen LogP contribution < -0.4 is 5.73 Å². The van der Waals surface area contributed by atoms with Gasteiger partial charge in [0.2, 0.25) is 10.0 Å². The van der Waals surface area contributed by atoms with E-state index in [-0.39, 0.29) is 11.4 Å². The number of aryl methyl sites for hydroxylation is 1. The zero-order valence-corrected chi connectivity index (χ0v) is 14.3. The maximum absolute atomic E-state index is 12.6. The van der Waals surface area contributed by atoms with Gasteiger partial charge in [0.05, 0.1) is 4.90 Å². The number of anilines is 1. The molecule has 112 valence electrons. The molecule has 0 aliphatic rings. The van der Waals surface area contributed by atoms with Crippen molar-refractivity contribution in [1.29, 1.82) is 0 Å². The fourth-order valence-corrected chi connectivity index (χ4v) is 3.76. The van der Waals surface area contributed by atoms with E-state index in [0.29, 0.717) is 5.69 Å². The summed E-state index contributed by atoms with van der Waals surface area (Å²) in [4.78, 5) is 0.217. The van der Waals surface area contributed by atoms with Crippen LogP contribution in [0.3, 0.4) is 0 Å². The molecule has 0 saturated carbocycles. The Morgan fingerprint density at radius 2 is 1.86 bits per heavy atom. The Hall–Kier alpha value is -1.37. The third-order valence-electron chi connectivity index (χ3n) is 3.13. The second-order valence-corrected chi connectivity index (χ2v) is 7.83. The molecule has 0 radical (unpaired) electrons. The van der Waals surface area contributed by atoms with E-state index in [1.54, 1.807) is 19.2 Å². The molecule has 0 bridgehead atoms. The first-order valence-electron chi connectivity index (χ1n) is 6.37. The predicted molar refractivity (Wildman–Crippen MR) is 88.4 cm³/mol. The van der Waals surface area contributed by atoms with Crippen LogP contribution in [0.1, 0.15) is 11.1 Å². The van der Waals surface area contributed by atoms with Gasteiger partial charge >= 0.3 is 0 Å². The monoisotopic (exact) mass is 368 g/mol. The Balaban J connectivity index is 2.33. The van der Waals surface area contributed by atoms with Crippen LogP contribution in [0, 0.1) is 6.92 Å². The van der Waals surface area contributed by atoms with Crippen molar-refractivity contribution >= 4 is 31.6 Å². The molecule has 0 heterocycles. The van der Waals surface area contributed by atoms with Crippen molar-refractivity contribution in [1.82, 2.24) is 4.31 Å². The minimum atomic E-state index is -3.57. The van der Waals surface area contributed by atoms with Crippen molar-refractivity contribution in [3.05, 3.63) is 58.1 Å². The molecule has 0 amide bonds. The van der Waals surface area contributed by atoms with Gasteiger partial charge < -0.3 is 5.73 Å². The molecule has 4 nitrogen and oxygen atoms in total. The molecule has 2 N–H and O–H groups in total. The summed E-state index contributed by atoms with van der Waals surface area (Å²) in [5, 5.41) is 0. The fraction of sp³-hybridized carbons (Fsp3) is 0.200. The summed E-state index contributed by atoms with van der Waals surface area (Å²) in [6.45, 7) is 2.11. The van der Waals surface area contributed by atoms with Gasteiger partial charge in [0.25, 0.3) is 0 Å². The minimum Gasteiger partial charge on any atom is -0.399 e. The largest absolute Gasteiger partial charge is 0.399 e. The van der Waals surface area contributed by atoms with Crippen LogP contribution in [0.15, 0.2) is 51.8 Å². The third kappa shape index (κ3) is 3.64. The molecule has 21 heavy (non-hydrogen) atoms. The Kier molecular flexibility index (Phi) is 4.70. The average Bonchev–Trinajstić information content (AvgIpc) is 2.40. The van der Waals surface area contributed by atoms with Crippen LogP contribution in [-0.4, -0.2) is 19.8 Å². The minimum absolute atomic E-state index is 0.217. The third-order valence-corrected chi connectivity index (χ3v) is 5.69. The summed E-state index contributed by atoms with van der Waals surface area (Å²) in [6.07, 6.45) is 0. The van der Waals surface area contributed by atoms with Crippen molar-refractivity contribution in [2.24, 2.45) is 0 Å². The number of hydrogen-bond donors (Lipinski definition) is 1. The van der Waals surface area contributed by atoms with E-state index < -0.39 is 10.0 Å². The second kappa shape index (κ2) is 6.17. The number of nitrogens with two attached hydrogens (primary N) is 1. The smallest absolute Gasteiger partial charge is 0.243 e. The van der Waals surface area contributed by atoms with Crippen molar-refractivity contribution in [3.63, 3.8) is 0 Å². The first kappa shape index (κ1) is 16.0. The van der Waals surface area contributed by atoms with E-state index in [4.69, 9.17) is 5.73 Å². The zero-order chi connectivity index (χ0) is 15.6. The SMILES string of the molecule is Cc1cc(N)cc(S(=O)(=O)N(C)Cc2ccccc2Br)c1. The molecule has 2 aromatic rings. The van der Waals surface area contributed by atoms with Gasteiger partial charge in [-0.15, -0.1) is 0 Å². The van der Waals surface area contributed by atoms with Crippen molar-refractivity contribution in [3.8, 4) is 0 Å². The molecular formula is C15H17BrN2O2S. The number of hydrogen-bond acceptors (Lipinski definition) is 3. The average molecular weight is 369 g/mol. The Labute approximate surface area is 133 Å². The molecule has 0 aromatic heterocycles. The number of halogens is 1. The first-order valence-corrected chi connectivity index (χ1v) is 8.61. The normalized spacial score (nSPS) is 11.8. The molecule has 6 heteroatoms. The van der Waals surface area contributed by atoms with Crippen molar-refractivity contribution in [2.45, 2.75) is 18.4 Å². The van der Waals surface area contributed by atoms with Crippen LogP contribution in [0.2, 0.25) is 0 Å². The summed E-state index contributed by atoms with van der Waals surface area (Å²) >= 11 is 3.43. The van der Waals surface area contributed by atoms with Crippen LogP contribution in [0.25, 0.3) is 0 Å². The molecule has 2 aromatic carbocycles. The summed E-state index contributed by atoms with van der Waals surface area (Å²) in [7, 11) is -2.00. The fourth-order valence-electron chi connectivity index (χ4n) is 2.06. The Morgan fingerprint density at radius 3 is 2.48 bits per heavy atom. The molecular weight excluding hydrogens is 352 g/mol. The number of nitrogens with zero attached hydrogens (tertiary/aromatic N) is 1. The van der Waals surface area contributed by atoms with Crippen LogP contribution in [-0.2, 0) is 16.6 Å². The molecule has 0 aliphatic heterocycles. The van der Waals surface area contributed by atoms with Gasteiger partial charge in [-0.05, 0) is 42.3 Å². The van der Waals surface area contributed by atoms with E-state index in [9.17, 15) is 8.42 Å². The number of benzene rings is 2. The van der Waals surface area contributed by atoms with Gasteiger partial charge in [-0.3, -0.25) is 0 Å². The maximum atomic E-state index is 12.6. The highest BCUT2D eigenvalue weighted by molar-refractivity contribution is 9.10. The van der Waals surface area contributed by atoms with Crippen LogP contribution in [0.4, 0.5) is 5.69 Å². The molecule has 2 rings (SSSR count). The molecule has 0 fully saturated rings. The highest BCUT2D eigenvalue weighted by atomic mass is 79.9. The number of nitrogen functional groups attached to an aromatic ring is 1. The lowest BCUT2D eigenvalue weighted by atomic mass is 10.2. The van der Waals surface area contributed by atoms with Gasteiger partial charge in [0.15, 0.2) is 0 Å². The lowest BCUT2D eigenvalue weighted by Gasteiger charge is -2.18. The second-order valence-electron chi connectivity index (χ2n) is 4.93. The quantitative estimate of drug-likeness (QED) is 0.842. The number of rotatable bonds is 4. The lowest BCUT2D eigenvalue weighted by molar-refractivity contribution is 0.466. The summed E-state index contributed by atoms with van der Waals surface area (Å²) in [5.74, 6) is 0. The van der Waals surface area contributed by atoms with Gasteiger partial charge in [0.1, 0.15) is 0 Å². The topological polar surface area (TPSA) is 63.4 Å². The van der Waals surface area contributed by atoms with Crippen LogP contribution in [0.5, 0.6) is 0 Å². The lowest BCUT2D eigenvalue weighted by Crippen LogP contribution is -2.26. The highest BCUT2D eigenvalue weighted by Crippen LogP contribution is 2.23. The zero-order valence-electron chi connectivity index (χ0n) is 11.9. The van der Waals surface area contributed by atoms with Gasteiger partial charge in [-0.25, -0.2) is 8.42 Å². The standard InChI is InChI=1S/C15H17BrN2O2S/c1-11-7-13(17)9-14(8-11)21(19,20)18(2)10-12-5-3-4-6-15(12)16/h3-9H,10,17H2,1-2H3. The summed E-state index contributed by atoms with van der Waals surface area (Å²) < 4.78 is 27.4. The van der Waals surface area contributed by atoms with Gasteiger partial charge in [-0.1, -0.05) is 34.1 Å². The number of sulfonamides is 1. The maximum Gasteiger partial charge on any atom is 0.243 e. The van der Waals surface area contributed by atoms with E-state index in [1.807, 2.05) is 31.2 Å². The summed E-state index contributed by atoms with van der Waals surface area (Å²) in [5.41, 5.74) is 7.92. The molecule has 0 saturated heterocycles. The molecule has 0 aliphatic carbocycles. The van der Waals surface area contributed by atoms with Crippen molar-refractivity contribution in [2.75, 3.05) is 12.8 Å². The van der Waals surface area contributed by atoms with E-state index >= 15 is 0 Å². The Bertz CT molecular complexity index is 740. The van der Waals surface area contributed by atoms with E-state index in [0.717, 1.165) is 15.6 Å². The Morgan fingerprint density at radius 1 is 1.19 bits per heavy atom. The molecule has 0 atom stereocenters. The molecule has 0 spiro atoms. The van der Waals surface area contributed by atoms with E-state index in [2.05, 4.69) is 15.9 Å². The van der Waals surface area contributed by atoms with E-state index in [1.165, 1.54) is 10.4 Å².